The molecular weight excluding hydrogens is 188 g/mol. The first-order chi connectivity index (χ1) is 7.24. The molecule has 90 valence electrons. The van der Waals surface area contributed by atoms with E-state index >= 15 is 0 Å². The van der Waals surface area contributed by atoms with Gasteiger partial charge in [0.1, 0.15) is 0 Å². The number of unbranched alkanes of at least 4 members (excludes halogenated alkanes) is 3. The fourth-order valence-electron chi connectivity index (χ4n) is 2.18. The van der Waals surface area contributed by atoms with Crippen LogP contribution in [-0.4, -0.2) is 24.8 Å². The lowest BCUT2D eigenvalue weighted by atomic mass is 9.89. The molecule has 0 radical (unpaired) electrons. The van der Waals surface area contributed by atoms with E-state index in [1.54, 1.807) is 0 Å². The van der Waals surface area contributed by atoms with Crippen molar-refractivity contribution in [3.63, 3.8) is 0 Å². The van der Waals surface area contributed by atoms with Crippen LogP contribution in [0.3, 0.4) is 0 Å². The first-order valence-corrected chi connectivity index (χ1v) is 6.36. The maximum atomic E-state index is 6.01. The Morgan fingerprint density at radius 2 is 1.93 bits per heavy atom. The molecule has 3 atom stereocenters. The second kappa shape index (κ2) is 7.20. The van der Waals surface area contributed by atoms with Crippen molar-refractivity contribution in [1.82, 2.24) is 0 Å². The van der Waals surface area contributed by atoms with Crippen LogP contribution in [0.4, 0.5) is 0 Å². The van der Waals surface area contributed by atoms with Gasteiger partial charge in [-0.25, -0.2) is 0 Å². The van der Waals surface area contributed by atoms with E-state index in [0.29, 0.717) is 6.04 Å². The molecule has 4 N–H and O–H groups in total. The molecule has 1 aliphatic carbocycles. The Labute approximate surface area is 93.5 Å². The Hall–Kier alpha value is -0.120. The largest absolute Gasteiger partial charge is 0.377 e. The summed E-state index contributed by atoms with van der Waals surface area (Å²) in [6.07, 6.45) is 8.30. The molecular formula is C12H26N2O. The lowest BCUT2D eigenvalue weighted by Gasteiger charge is -2.32. The van der Waals surface area contributed by atoms with E-state index < -0.39 is 0 Å². The van der Waals surface area contributed by atoms with E-state index in [4.69, 9.17) is 16.2 Å². The van der Waals surface area contributed by atoms with Crippen LogP contribution in [0.25, 0.3) is 0 Å². The first-order valence-electron chi connectivity index (χ1n) is 6.36. The van der Waals surface area contributed by atoms with Crippen LogP contribution in [-0.2, 0) is 4.74 Å². The van der Waals surface area contributed by atoms with Gasteiger partial charge in [-0.3, -0.25) is 0 Å². The molecule has 1 rings (SSSR count). The van der Waals surface area contributed by atoms with Crippen LogP contribution in [0, 0.1) is 0 Å². The molecule has 3 nitrogen and oxygen atoms in total. The molecule has 15 heavy (non-hydrogen) atoms. The van der Waals surface area contributed by atoms with Gasteiger partial charge >= 0.3 is 0 Å². The summed E-state index contributed by atoms with van der Waals surface area (Å²) in [4.78, 5) is 0. The van der Waals surface area contributed by atoms with Crippen LogP contribution in [0.15, 0.2) is 0 Å². The van der Waals surface area contributed by atoms with Gasteiger partial charge in [0.05, 0.1) is 6.10 Å². The standard InChI is InChI=1S/C12H26N2O/c1-2-3-4-5-8-15-12-7-6-10(13)9-11(12)14/h10-12H,2-9,13-14H2,1H3. The molecule has 1 fully saturated rings. The van der Waals surface area contributed by atoms with Crippen molar-refractivity contribution in [2.45, 2.75) is 70.1 Å². The minimum Gasteiger partial charge on any atom is -0.377 e. The van der Waals surface area contributed by atoms with Crippen molar-refractivity contribution in [3.8, 4) is 0 Å². The van der Waals surface area contributed by atoms with E-state index in [-0.39, 0.29) is 12.1 Å². The first kappa shape index (κ1) is 12.9. The van der Waals surface area contributed by atoms with Crippen molar-refractivity contribution in [1.29, 1.82) is 0 Å². The van der Waals surface area contributed by atoms with Gasteiger partial charge in [-0.1, -0.05) is 26.2 Å². The van der Waals surface area contributed by atoms with Crippen LogP contribution >= 0.6 is 0 Å². The molecule has 0 heterocycles. The summed E-state index contributed by atoms with van der Waals surface area (Å²) in [5.41, 5.74) is 11.9. The van der Waals surface area contributed by atoms with Crippen LogP contribution in [0.5, 0.6) is 0 Å². The maximum absolute atomic E-state index is 6.01. The highest BCUT2D eigenvalue weighted by molar-refractivity contribution is 4.85. The number of nitrogens with two attached hydrogens (primary N) is 2. The van der Waals surface area contributed by atoms with E-state index in [9.17, 15) is 0 Å². The van der Waals surface area contributed by atoms with Crippen LogP contribution in [0.1, 0.15) is 51.9 Å². The molecule has 0 aromatic carbocycles. The molecule has 1 aliphatic rings. The minimum absolute atomic E-state index is 0.153. The Kier molecular flexibility index (Phi) is 6.22. The second-order valence-corrected chi connectivity index (χ2v) is 4.71. The highest BCUT2D eigenvalue weighted by Gasteiger charge is 2.26. The SMILES string of the molecule is CCCCCCOC1CCC(N)CC1N. The smallest absolute Gasteiger partial charge is 0.0727 e. The zero-order valence-electron chi connectivity index (χ0n) is 9.95. The molecule has 0 amide bonds. The molecule has 1 saturated carbocycles. The number of rotatable bonds is 6. The van der Waals surface area contributed by atoms with E-state index in [2.05, 4.69) is 6.92 Å². The molecule has 3 heteroatoms. The third-order valence-electron chi connectivity index (χ3n) is 3.20. The van der Waals surface area contributed by atoms with Gasteiger partial charge in [-0.15, -0.1) is 0 Å². The predicted octanol–water partition coefficient (Wildman–Crippen LogP) is 1.79. The van der Waals surface area contributed by atoms with Crippen molar-refractivity contribution in [2.24, 2.45) is 11.5 Å². The van der Waals surface area contributed by atoms with E-state index in [0.717, 1.165) is 25.9 Å². The monoisotopic (exact) mass is 214 g/mol. The minimum atomic E-state index is 0.153. The molecule has 0 spiro atoms. The van der Waals surface area contributed by atoms with Crippen LogP contribution < -0.4 is 11.5 Å². The van der Waals surface area contributed by atoms with Gasteiger partial charge in [0.25, 0.3) is 0 Å². The average Bonchev–Trinajstić information content (AvgIpc) is 2.20. The zero-order chi connectivity index (χ0) is 11.1. The average molecular weight is 214 g/mol. The Balaban J connectivity index is 2.05. The van der Waals surface area contributed by atoms with Crippen LogP contribution in [0.2, 0.25) is 0 Å². The van der Waals surface area contributed by atoms with Gasteiger partial charge in [0.15, 0.2) is 0 Å². The van der Waals surface area contributed by atoms with Crippen molar-refractivity contribution in [3.05, 3.63) is 0 Å². The molecule has 0 bridgehead atoms. The predicted molar refractivity (Wildman–Crippen MR) is 63.7 cm³/mol. The number of hydrogen-bond acceptors (Lipinski definition) is 3. The highest BCUT2D eigenvalue weighted by atomic mass is 16.5. The Bertz CT molecular complexity index is 164. The molecule has 0 aliphatic heterocycles. The quantitative estimate of drug-likeness (QED) is 0.663. The van der Waals surface area contributed by atoms with E-state index in [1.807, 2.05) is 0 Å². The zero-order valence-corrected chi connectivity index (χ0v) is 9.95. The summed E-state index contributed by atoms with van der Waals surface area (Å²) in [5, 5.41) is 0. The number of hydrogen-bond donors (Lipinski definition) is 2. The third-order valence-corrected chi connectivity index (χ3v) is 3.20. The lowest BCUT2D eigenvalue weighted by molar-refractivity contribution is 0.00982. The fourth-order valence-corrected chi connectivity index (χ4v) is 2.18. The molecule has 0 saturated heterocycles. The molecule has 3 unspecified atom stereocenters. The summed E-state index contributed by atoms with van der Waals surface area (Å²) in [5.74, 6) is 0. The van der Waals surface area contributed by atoms with Gasteiger partial charge in [-0.2, -0.15) is 0 Å². The Morgan fingerprint density at radius 3 is 2.60 bits per heavy atom. The lowest BCUT2D eigenvalue weighted by Crippen LogP contribution is -2.46. The maximum Gasteiger partial charge on any atom is 0.0727 e. The molecule has 0 aromatic rings. The normalized spacial score (nSPS) is 31.8. The van der Waals surface area contributed by atoms with Gasteiger partial charge < -0.3 is 16.2 Å². The topological polar surface area (TPSA) is 61.3 Å². The number of ether oxygens (including phenoxy) is 1. The van der Waals surface area contributed by atoms with Crippen molar-refractivity contribution >= 4 is 0 Å². The summed E-state index contributed by atoms with van der Waals surface area (Å²) in [6.45, 7) is 3.09. The highest BCUT2D eigenvalue weighted by Crippen LogP contribution is 2.19. The Morgan fingerprint density at radius 1 is 1.13 bits per heavy atom. The summed E-state index contributed by atoms with van der Waals surface area (Å²) >= 11 is 0. The third kappa shape index (κ3) is 4.96. The summed E-state index contributed by atoms with van der Waals surface area (Å²) < 4.78 is 5.81. The van der Waals surface area contributed by atoms with Gasteiger partial charge in [0, 0.05) is 18.7 Å². The summed E-state index contributed by atoms with van der Waals surface area (Å²) in [7, 11) is 0. The fraction of sp³-hybridized carbons (Fsp3) is 1.00. The van der Waals surface area contributed by atoms with Gasteiger partial charge in [-0.05, 0) is 25.7 Å². The summed E-state index contributed by atoms with van der Waals surface area (Å²) in [6, 6.07) is 0.444. The molecule has 0 aromatic heterocycles. The van der Waals surface area contributed by atoms with Crippen molar-refractivity contribution < 1.29 is 4.74 Å². The van der Waals surface area contributed by atoms with Gasteiger partial charge in [0.2, 0.25) is 0 Å². The van der Waals surface area contributed by atoms with E-state index in [1.165, 1.54) is 25.7 Å². The second-order valence-electron chi connectivity index (χ2n) is 4.71. The van der Waals surface area contributed by atoms with Crippen molar-refractivity contribution in [2.75, 3.05) is 6.61 Å².